The first-order chi connectivity index (χ1) is 15.0. The Morgan fingerprint density at radius 2 is 1.65 bits per heavy atom. The quantitative estimate of drug-likeness (QED) is 0.437. The second kappa shape index (κ2) is 9.68. The van der Waals surface area contributed by atoms with Crippen molar-refractivity contribution >= 4 is 42.4 Å². The molecule has 1 saturated heterocycles. The first-order valence-electron chi connectivity index (χ1n) is 9.97. The van der Waals surface area contributed by atoms with Crippen LogP contribution < -0.4 is 9.64 Å². The van der Waals surface area contributed by atoms with E-state index in [1.807, 2.05) is 36.4 Å². The number of piperazine rings is 1. The van der Waals surface area contributed by atoms with Gasteiger partial charge in [0.1, 0.15) is 5.75 Å². The van der Waals surface area contributed by atoms with Crippen LogP contribution in [-0.4, -0.2) is 51.0 Å². The van der Waals surface area contributed by atoms with Crippen LogP contribution in [0, 0.1) is 0 Å². The summed E-state index contributed by atoms with van der Waals surface area (Å²) in [5.41, 5.74) is 3.25. The summed E-state index contributed by atoms with van der Waals surface area (Å²) in [6.45, 7) is 2.17. The van der Waals surface area contributed by atoms with Crippen LogP contribution in [0.15, 0.2) is 58.8 Å². The number of sulfonamides is 1. The number of ether oxygens (including phenoxy) is 1. The maximum absolute atomic E-state index is 13.0. The summed E-state index contributed by atoms with van der Waals surface area (Å²) in [6.07, 6.45) is 0.763. The number of anilines is 1. The van der Waals surface area contributed by atoms with E-state index in [0.717, 1.165) is 28.6 Å². The lowest BCUT2D eigenvalue weighted by Crippen LogP contribution is -2.48. The van der Waals surface area contributed by atoms with E-state index in [1.54, 1.807) is 34.9 Å². The topological polar surface area (TPSA) is 62.7 Å². The number of hydrogen-bond acceptors (Lipinski definition) is 6. The van der Waals surface area contributed by atoms with Gasteiger partial charge in [0.25, 0.3) is 0 Å². The number of nitrogens with zero attached hydrogens (tertiary/aromatic N) is 3. The molecule has 3 aromatic rings. The molecule has 1 aliphatic rings. The molecule has 0 aliphatic carbocycles. The van der Waals surface area contributed by atoms with Crippen molar-refractivity contribution in [3.8, 4) is 5.75 Å². The van der Waals surface area contributed by atoms with Crippen LogP contribution in [0.5, 0.6) is 5.75 Å². The lowest BCUT2D eigenvalue weighted by Gasteiger charge is -2.33. The Hall–Kier alpha value is -1.94. The number of halogens is 1. The number of thiazole rings is 1. The normalized spacial score (nSPS) is 15.2. The summed E-state index contributed by atoms with van der Waals surface area (Å²) >= 11 is 5.00. The number of aromatic nitrogens is 1. The molecule has 1 aliphatic heterocycles. The molecule has 0 bridgehead atoms. The van der Waals surface area contributed by atoms with E-state index < -0.39 is 10.0 Å². The Kier molecular flexibility index (Phi) is 6.95. The Balaban J connectivity index is 1.37. The molecule has 0 amide bonds. The fourth-order valence-corrected chi connectivity index (χ4v) is 6.17. The van der Waals surface area contributed by atoms with E-state index in [0.29, 0.717) is 36.4 Å². The molecule has 2 heterocycles. The number of alkyl halides is 1. The molecule has 0 radical (unpaired) electrons. The third-order valence-corrected chi connectivity index (χ3v) is 8.82. The molecule has 0 spiro atoms. The Morgan fingerprint density at radius 3 is 2.26 bits per heavy atom. The van der Waals surface area contributed by atoms with Crippen molar-refractivity contribution in [1.82, 2.24) is 9.29 Å². The highest BCUT2D eigenvalue weighted by Gasteiger charge is 2.29. The number of hydrogen-bond donors (Lipinski definition) is 0. The molecule has 0 unspecified atom stereocenters. The molecule has 164 valence electrons. The van der Waals surface area contributed by atoms with Gasteiger partial charge in [-0.2, -0.15) is 4.31 Å². The van der Waals surface area contributed by atoms with Gasteiger partial charge in [0, 0.05) is 43.3 Å². The van der Waals surface area contributed by atoms with E-state index in [9.17, 15) is 8.42 Å². The first-order valence-corrected chi connectivity index (χ1v) is 13.4. The van der Waals surface area contributed by atoms with Crippen molar-refractivity contribution in [2.24, 2.45) is 0 Å². The zero-order valence-electron chi connectivity index (χ0n) is 17.2. The van der Waals surface area contributed by atoms with Crippen LogP contribution in [0.2, 0.25) is 0 Å². The lowest BCUT2D eigenvalue weighted by molar-refractivity contribution is 0.384. The number of rotatable bonds is 7. The fraction of sp³-hybridized carbons (Fsp3) is 0.318. The van der Waals surface area contributed by atoms with E-state index in [2.05, 4.69) is 26.2 Å². The first kappa shape index (κ1) is 22.3. The van der Waals surface area contributed by atoms with Gasteiger partial charge in [0.15, 0.2) is 5.13 Å². The van der Waals surface area contributed by atoms with Crippen molar-refractivity contribution in [3.05, 3.63) is 70.7 Å². The molecule has 1 aromatic heterocycles. The number of methoxy groups -OCH3 is 1. The molecule has 6 nitrogen and oxygen atoms in total. The SMILES string of the molecule is COc1ccc(Cc2csc(N3CCN(S(=O)(=O)c4ccc(CBr)cc4)CC3)n2)cc1. The van der Waals surface area contributed by atoms with Crippen molar-refractivity contribution in [1.29, 1.82) is 0 Å². The van der Waals surface area contributed by atoms with Crippen LogP contribution in [0.4, 0.5) is 5.13 Å². The highest BCUT2D eigenvalue weighted by Crippen LogP contribution is 2.26. The summed E-state index contributed by atoms with van der Waals surface area (Å²) in [5.74, 6) is 0.842. The highest BCUT2D eigenvalue weighted by molar-refractivity contribution is 9.08. The standard InChI is InChI=1S/C22H24BrN3O3S2/c1-29-20-6-2-17(3-7-20)14-19-16-30-22(24-19)25-10-12-26(13-11-25)31(27,28)21-8-4-18(15-23)5-9-21/h2-9,16H,10-15H2,1H3. The van der Waals surface area contributed by atoms with Gasteiger partial charge in [-0.3, -0.25) is 0 Å². The zero-order chi connectivity index (χ0) is 21.8. The highest BCUT2D eigenvalue weighted by atomic mass is 79.9. The monoisotopic (exact) mass is 521 g/mol. The summed E-state index contributed by atoms with van der Waals surface area (Å²) in [4.78, 5) is 7.29. The third-order valence-electron chi connectivity index (χ3n) is 5.31. The molecule has 0 atom stereocenters. The smallest absolute Gasteiger partial charge is 0.243 e. The molecular formula is C22H24BrN3O3S2. The van der Waals surface area contributed by atoms with Crippen LogP contribution in [0.1, 0.15) is 16.8 Å². The van der Waals surface area contributed by atoms with Crippen LogP contribution in [0.25, 0.3) is 0 Å². The lowest BCUT2D eigenvalue weighted by atomic mass is 10.1. The molecule has 4 rings (SSSR count). The maximum atomic E-state index is 13.0. The Labute approximate surface area is 195 Å². The number of benzene rings is 2. The predicted octanol–water partition coefficient (Wildman–Crippen LogP) is 4.15. The van der Waals surface area contributed by atoms with Crippen molar-refractivity contribution in [2.75, 3.05) is 38.2 Å². The third kappa shape index (κ3) is 5.11. The predicted molar refractivity (Wildman–Crippen MR) is 128 cm³/mol. The van der Waals surface area contributed by atoms with Gasteiger partial charge in [-0.05, 0) is 35.4 Å². The van der Waals surface area contributed by atoms with Gasteiger partial charge in [-0.25, -0.2) is 13.4 Å². The zero-order valence-corrected chi connectivity index (χ0v) is 20.4. The summed E-state index contributed by atoms with van der Waals surface area (Å²) in [7, 11) is -1.81. The van der Waals surface area contributed by atoms with E-state index in [4.69, 9.17) is 9.72 Å². The second-order valence-electron chi connectivity index (χ2n) is 7.31. The molecule has 9 heteroatoms. The van der Waals surface area contributed by atoms with Gasteiger partial charge in [-0.15, -0.1) is 11.3 Å². The largest absolute Gasteiger partial charge is 0.497 e. The van der Waals surface area contributed by atoms with E-state index in [1.165, 1.54) is 5.56 Å². The summed E-state index contributed by atoms with van der Waals surface area (Å²) < 4.78 is 32.7. The van der Waals surface area contributed by atoms with E-state index >= 15 is 0 Å². The molecular weight excluding hydrogens is 498 g/mol. The minimum Gasteiger partial charge on any atom is -0.497 e. The minimum absolute atomic E-state index is 0.349. The van der Waals surface area contributed by atoms with Crippen molar-refractivity contribution in [2.45, 2.75) is 16.6 Å². The Bertz CT molecular complexity index is 1110. The average molecular weight is 522 g/mol. The second-order valence-corrected chi connectivity index (χ2v) is 10.7. The van der Waals surface area contributed by atoms with E-state index in [-0.39, 0.29) is 0 Å². The van der Waals surface area contributed by atoms with Crippen molar-refractivity contribution in [3.63, 3.8) is 0 Å². The average Bonchev–Trinajstić information content (AvgIpc) is 3.28. The van der Waals surface area contributed by atoms with Gasteiger partial charge >= 0.3 is 0 Å². The van der Waals surface area contributed by atoms with Crippen LogP contribution >= 0.6 is 27.3 Å². The maximum Gasteiger partial charge on any atom is 0.243 e. The van der Waals surface area contributed by atoms with Gasteiger partial charge in [-0.1, -0.05) is 40.2 Å². The van der Waals surface area contributed by atoms with Gasteiger partial charge < -0.3 is 9.64 Å². The van der Waals surface area contributed by atoms with Gasteiger partial charge in [0.2, 0.25) is 10.0 Å². The fourth-order valence-electron chi connectivity index (χ4n) is 3.49. The summed E-state index contributed by atoms with van der Waals surface area (Å²) in [5, 5.41) is 3.73. The molecule has 2 aromatic carbocycles. The van der Waals surface area contributed by atoms with Crippen LogP contribution in [-0.2, 0) is 21.8 Å². The molecule has 0 saturated carbocycles. The molecule has 0 N–H and O–H groups in total. The van der Waals surface area contributed by atoms with Crippen molar-refractivity contribution < 1.29 is 13.2 Å². The minimum atomic E-state index is -3.47. The summed E-state index contributed by atoms with van der Waals surface area (Å²) in [6, 6.07) is 15.1. The molecule has 31 heavy (non-hydrogen) atoms. The van der Waals surface area contributed by atoms with Gasteiger partial charge in [0.05, 0.1) is 17.7 Å². The van der Waals surface area contributed by atoms with Crippen LogP contribution in [0.3, 0.4) is 0 Å². The Morgan fingerprint density at radius 1 is 1.00 bits per heavy atom. The molecule has 1 fully saturated rings.